The summed E-state index contributed by atoms with van der Waals surface area (Å²) >= 11 is 0. The van der Waals surface area contributed by atoms with Crippen LogP contribution in [0.2, 0.25) is 0 Å². The predicted molar refractivity (Wildman–Crippen MR) is 76.4 cm³/mol. The number of ether oxygens (including phenoxy) is 1. The van der Waals surface area contributed by atoms with E-state index < -0.39 is 0 Å². The first kappa shape index (κ1) is 13.6. The maximum Gasteiger partial charge on any atom is 0.130 e. The fraction of sp³-hybridized carbons (Fsp3) is 0.250. The van der Waals surface area contributed by atoms with E-state index in [2.05, 4.69) is 0 Å². The summed E-state index contributed by atoms with van der Waals surface area (Å²) in [4.78, 5) is 0. The first-order valence-corrected chi connectivity index (χ1v) is 6.43. The van der Waals surface area contributed by atoms with Crippen LogP contribution in [0.25, 0.3) is 0 Å². The summed E-state index contributed by atoms with van der Waals surface area (Å²) in [6, 6.07) is 15.5. The molecule has 0 fully saturated rings. The second kappa shape index (κ2) is 6.36. The number of benzene rings is 2. The average molecular weight is 257 g/mol. The number of rotatable bonds is 5. The van der Waals surface area contributed by atoms with Crippen LogP contribution in [0.1, 0.15) is 24.1 Å². The first-order chi connectivity index (χ1) is 9.20. The highest BCUT2D eigenvalue weighted by molar-refractivity contribution is 5.39. The molecule has 0 radical (unpaired) electrons. The molecule has 0 saturated carbocycles. The molecule has 0 bridgehead atoms. The van der Waals surface area contributed by atoms with Crippen molar-refractivity contribution < 1.29 is 9.84 Å². The van der Waals surface area contributed by atoms with E-state index in [-0.39, 0.29) is 12.6 Å². The molecule has 1 atom stereocenters. The Kier molecular flexibility index (Phi) is 4.55. The summed E-state index contributed by atoms with van der Waals surface area (Å²) in [6.07, 6.45) is 0.586. The molecule has 3 N–H and O–H groups in total. The third-order valence-corrected chi connectivity index (χ3v) is 2.97. The van der Waals surface area contributed by atoms with Crippen molar-refractivity contribution in [2.24, 2.45) is 5.73 Å². The Morgan fingerprint density at radius 1 is 1.16 bits per heavy atom. The highest BCUT2D eigenvalue weighted by atomic mass is 16.5. The average Bonchev–Trinajstić information content (AvgIpc) is 2.41. The highest BCUT2D eigenvalue weighted by Crippen LogP contribution is 2.27. The van der Waals surface area contributed by atoms with Gasteiger partial charge in [0.05, 0.1) is 0 Å². The van der Waals surface area contributed by atoms with E-state index in [0.29, 0.717) is 6.42 Å². The molecular weight excluding hydrogens is 238 g/mol. The van der Waals surface area contributed by atoms with Crippen LogP contribution in [0.3, 0.4) is 0 Å². The lowest BCUT2D eigenvalue weighted by Crippen LogP contribution is -2.04. The van der Waals surface area contributed by atoms with E-state index >= 15 is 0 Å². The molecule has 0 aliphatic heterocycles. The lowest BCUT2D eigenvalue weighted by molar-refractivity contribution is 0.298. The summed E-state index contributed by atoms with van der Waals surface area (Å²) in [6.45, 7) is 2.05. The second-order valence-electron chi connectivity index (χ2n) is 4.54. The minimum Gasteiger partial charge on any atom is -0.457 e. The van der Waals surface area contributed by atoms with Gasteiger partial charge in [0, 0.05) is 12.6 Å². The van der Waals surface area contributed by atoms with Gasteiger partial charge in [0.2, 0.25) is 0 Å². The van der Waals surface area contributed by atoms with Crippen molar-refractivity contribution in [1.29, 1.82) is 0 Å². The molecule has 100 valence electrons. The normalized spacial score (nSPS) is 12.2. The molecule has 2 rings (SSSR count). The SMILES string of the molecule is CC(N)c1cccc(Oc2ccccc2CCO)c1. The number of aliphatic hydroxyl groups is 1. The largest absolute Gasteiger partial charge is 0.457 e. The van der Waals surface area contributed by atoms with Crippen molar-refractivity contribution in [2.45, 2.75) is 19.4 Å². The molecule has 0 spiro atoms. The van der Waals surface area contributed by atoms with Crippen molar-refractivity contribution in [1.82, 2.24) is 0 Å². The van der Waals surface area contributed by atoms with Crippen LogP contribution in [-0.2, 0) is 6.42 Å². The topological polar surface area (TPSA) is 55.5 Å². The van der Waals surface area contributed by atoms with Crippen molar-refractivity contribution >= 4 is 0 Å². The minimum absolute atomic E-state index is 0.0174. The fourth-order valence-electron chi connectivity index (χ4n) is 1.92. The van der Waals surface area contributed by atoms with Gasteiger partial charge in [-0.3, -0.25) is 0 Å². The Morgan fingerprint density at radius 2 is 1.95 bits per heavy atom. The minimum atomic E-state index is -0.0174. The smallest absolute Gasteiger partial charge is 0.130 e. The zero-order valence-corrected chi connectivity index (χ0v) is 11.0. The summed E-state index contributed by atoms with van der Waals surface area (Å²) in [7, 11) is 0. The zero-order valence-electron chi connectivity index (χ0n) is 11.0. The van der Waals surface area contributed by atoms with Crippen LogP contribution >= 0.6 is 0 Å². The molecule has 19 heavy (non-hydrogen) atoms. The van der Waals surface area contributed by atoms with Crippen molar-refractivity contribution in [2.75, 3.05) is 6.61 Å². The van der Waals surface area contributed by atoms with E-state index in [9.17, 15) is 0 Å². The van der Waals surface area contributed by atoms with Gasteiger partial charge in [-0.05, 0) is 42.7 Å². The van der Waals surface area contributed by atoms with Gasteiger partial charge < -0.3 is 15.6 Å². The van der Waals surface area contributed by atoms with Gasteiger partial charge in [-0.25, -0.2) is 0 Å². The number of nitrogens with two attached hydrogens (primary N) is 1. The molecule has 0 aliphatic carbocycles. The Balaban J connectivity index is 2.23. The molecule has 0 aromatic heterocycles. The third-order valence-electron chi connectivity index (χ3n) is 2.97. The Hall–Kier alpha value is -1.84. The number of hydrogen-bond donors (Lipinski definition) is 2. The highest BCUT2D eigenvalue weighted by Gasteiger charge is 2.05. The summed E-state index contributed by atoms with van der Waals surface area (Å²) in [5.41, 5.74) is 7.90. The standard InChI is InChI=1S/C16H19NO2/c1-12(17)14-6-4-7-15(11-14)19-16-8-3-2-5-13(16)9-10-18/h2-8,11-12,18H,9-10,17H2,1H3. The molecule has 0 amide bonds. The van der Waals surface area contributed by atoms with E-state index in [1.807, 2.05) is 55.5 Å². The van der Waals surface area contributed by atoms with Crippen molar-refractivity contribution in [3.63, 3.8) is 0 Å². The van der Waals surface area contributed by atoms with Gasteiger partial charge in [-0.15, -0.1) is 0 Å². The summed E-state index contributed by atoms with van der Waals surface area (Å²) in [5, 5.41) is 9.06. The number of aliphatic hydroxyl groups excluding tert-OH is 1. The fourth-order valence-corrected chi connectivity index (χ4v) is 1.92. The van der Waals surface area contributed by atoms with Crippen molar-refractivity contribution in [3.05, 3.63) is 59.7 Å². The van der Waals surface area contributed by atoms with Gasteiger partial charge in [-0.1, -0.05) is 30.3 Å². The number of para-hydroxylation sites is 1. The first-order valence-electron chi connectivity index (χ1n) is 6.43. The molecule has 1 unspecified atom stereocenters. The summed E-state index contributed by atoms with van der Waals surface area (Å²) in [5.74, 6) is 1.54. The van der Waals surface area contributed by atoms with Gasteiger partial charge in [-0.2, -0.15) is 0 Å². The van der Waals surface area contributed by atoms with Crippen LogP contribution in [0.4, 0.5) is 0 Å². The van der Waals surface area contributed by atoms with Gasteiger partial charge in [0.25, 0.3) is 0 Å². The maximum atomic E-state index is 9.06. The van der Waals surface area contributed by atoms with Crippen LogP contribution in [0, 0.1) is 0 Å². The molecule has 0 heterocycles. The molecule has 0 aliphatic rings. The van der Waals surface area contributed by atoms with Gasteiger partial charge >= 0.3 is 0 Å². The van der Waals surface area contributed by atoms with Crippen LogP contribution in [0.15, 0.2) is 48.5 Å². The van der Waals surface area contributed by atoms with Crippen LogP contribution in [0.5, 0.6) is 11.5 Å². The van der Waals surface area contributed by atoms with Gasteiger partial charge in [0.15, 0.2) is 0 Å². The lowest BCUT2D eigenvalue weighted by Gasteiger charge is -2.12. The van der Waals surface area contributed by atoms with Crippen LogP contribution < -0.4 is 10.5 Å². The Bertz CT molecular complexity index is 538. The predicted octanol–water partition coefficient (Wildman–Crippen LogP) is 3.03. The molecule has 3 heteroatoms. The Labute approximate surface area is 113 Å². The molecular formula is C16H19NO2. The second-order valence-corrected chi connectivity index (χ2v) is 4.54. The van der Waals surface area contributed by atoms with E-state index in [1.54, 1.807) is 0 Å². The van der Waals surface area contributed by atoms with Crippen molar-refractivity contribution in [3.8, 4) is 11.5 Å². The summed E-state index contributed by atoms with van der Waals surface area (Å²) < 4.78 is 5.89. The maximum absolute atomic E-state index is 9.06. The third kappa shape index (κ3) is 3.56. The molecule has 2 aromatic carbocycles. The molecule has 2 aromatic rings. The lowest BCUT2D eigenvalue weighted by atomic mass is 10.1. The Morgan fingerprint density at radius 3 is 2.68 bits per heavy atom. The molecule has 0 saturated heterocycles. The van der Waals surface area contributed by atoms with Gasteiger partial charge in [0.1, 0.15) is 11.5 Å². The number of hydrogen-bond acceptors (Lipinski definition) is 3. The quantitative estimate of drug-likeness (QED) is 0.865. The monoisotopic (exact) mass is 257 g/mol. The zero-order chi connectivity index (χ0) is 13.7. The van der Waals surface area contributed by atoms with E-state index in [0.717, 1.165) is 22.6 Å². The molecule has 3 nitrogen and oxygen atoms in total. The van der Waals surface area contributed by atoms with Crippen LogP contribution in [-0.4, -0.2) is 11.7 Å². The van der Waals surface area contributed by atoms with E-state index in [1.165, 1.54) is 0 Å². The van der Waals surface area contributed by atoms with E-state index in [4.69, 9.17) is 15.6 Å².